The van der Waals surface area contributed by atoms with Gasteiger partial charge in [-0.15, -0.1) is 0 Å². The molecule has 0 unspecified atom stereocenters. The van der Waals surface area contributed by atoms with Gasteiger partial charge in [0.2, 0.25) is 11.8 Å². The van der Waals surface area contributed by atoms with E-state index in [2.05, 4.69) is 17.2 Å². The molecule has 0 fully saturated rings. The molecule has 0 saturated carbocycles. The number of nitrogens with two attached hydrogens (primary N) is 3. The summed E-state index contributed by atoms with van der Waals surface area (Å²) in [7, 11) is 1.77. The number of fused-ring (bicyclic) bond motifs is 5. The highest BCUT2D eigenvalue weighted by Crippen LogP contribution is 2.31. The van der Waals surface area contributed by atoms with E-state index in [4.69, 9.17) is 28.8 Å². The second-order valence-electron chi connectivity index (χ2n) is 9.35. The zero-order chi connectivity index (χ0) is 27.1. The molecule has 0 aromatic heterocycles. The minimum atomic E-state index is -0.908. The van der Waals surface area contributed by atoms with Gasteiger partial charge in [-0.1, -0.05) is 30.3 Å². The quantitative estimate of drug-likeness (QED) is 0.329. The Kier molecular flexibility index (Phi) is 9.93. The van der Waals surface area contributed by atoms with Crippen LogP contribution < -0.4 is 27.8 Å². The van der Waals surface area contributed by atoms with Gasteiger partial charge in [-0.05, 0) is 65.9 Å². The van der Waals surface area contributed by atoms with E-state index in [1.54, 1.807) is 30.1 Å². The minimum Gasteiger partial charge on any atom is -0.508 e. The lowest BCUT2D eigenvalue weighted by molar-refractivity contribution is -0.125. The van der Waals surface area contributed by atoms with Gasteiger partial charge in [0.15, 0.2) is 0 Å². The molecule has 37 heavy (non-hydrogen) atoms. The van der Waals surface area contributed by atoms with Crippen LogP contribution in [-0.2, 0) is 22.4 Å². The Balaban J connectivity index is 2.13. The lowest BCUT2D eigenvalue weighted by Crippen LogP contribution is -2.52. The number of likely N-dealkylation sites (N-methyl/N-ethyl adjacent to an activating group) is 1. The smallest absolute Gasteiger partial charge is 0.243 e. The topological polar surface area (TPSA) is 160 Å². The molecule has 3 rings (SSSR count). The number of benzene rings is 2. The zero-order valence-electron chi connectivity index (χ0n) is 21.2. The maximum atomic E-state index is 13.3. The van der Waals surface area contributed by atoms with Crippen LogP contribution in [0.3, 0.4) is 0 Å². The second-order valence-corrected chi connectivity index (χ2v) is 9.76. The van der Waals surface area contributed by atoms with Gasteiger partial charge in [-0.3, -0.25) is 9.59 Å². The van der Waals surface area contributed by atoms with E-state index in [0.29, 0.717) is 55.2 Å². The molecule has 1 heterocycles. The summed E-state index contributed by atoms with van der Waals surface area (Å²) in [5.74, 6) is -0.553. The van der Waals surface area contributed by atoms with E-state index in [1.807, 2.05) is 18.2 Å². The van der Waals surface area contributed by atoms with Crippen LogP contribution in [0, 0.1) is 0 Å². The molecule has 0 spiro atoms. The number of aromatic hydroxyl groups is 1. The molecule has 200 valence electrons. The number of carbonyl (C=O) groups excluding carboxylic acids is 2. The van der Waals surface area contributed by atoms with Gasteiger partial charge < -0.3 is 37.8 Å². The maximum absolute atomic E-state index is 13.3. The first-order chi connectivity index (χ1) is 17.7. The van der Waals surface area contributed by atoms with Crippen molar-refractivity contribution >= 4 is 23.4 Å². The van der Waals surface area contributed by atoms with Gasteiger partial charge in [0.25, 0.3) is 0 Å². The molecule has 2 amide bonds. The molecule has 0 saturated heterocycles. The number of hydrogen-bond acceptors (Lipinski definition) is 7. The van der Waals surface area contributed by atoms with E-state index in [0.717, 1.165) is 16.7 Å². The summed E-state index contributed by atoms with van der Waals surface area (Å²) in [6.45, 7) is 5.28. The predicted molar refractivity (Wildman–Crippen MR) is 147 cm³/mol. The van der Waals surface area contributed by atoms with E-state index in [9.17, 15) is 14.7 Å². The first kappa shape index (κ1) is 28.5. The van der Waals surface area contributed by atoms with Crippen LogP contribution in [0.2, 0.25) is 5.02 Å². The molecule has 4 bridgehead atoms. The number of amides is 2. The van der Waals surface area contributed by atoms with Gasteiger partial charge in [0.1, 0.15) is 11.8 Å². The molecule has 1 aliphatic rings. The van der Waals surface area contributed by atoms with Gasteiger partial charge in [0.05, 0.1) is 12.1 Å². The number of nitrogens with one attached hydrogen (secondary N) is 2. The molecule has 3 atom stereocenters. The Morgan fingerprint density at radius 3 is 2.51 bits per heavy atom. The fourth-order valence-electron chi connectivity index (χ4n) is 4.46. The van der Waals surface area contributed by atoms with Crippen molar-refractivity contribution in [2.45, 2.75) is 43.8 Å². The summed E-state index contributed by atoms with van der Waals surface area (Å²) in [4.78, 5) is 28.2. The highest BCUT2D eigenvalue weighted by Gasteiger charge is 2.30. The van der Waals surface area contributed by atoms with Gasteiger partial charge >= 0.3 is 0 Å². The van der Waals surface area contributed by atoms with Crippen LogP contribution in [0.5, 0.6) is 5.75 Å². The average molecular weight is 529 g/mol. The van der Waals surface area contributed by atoms with E-state index < -0.39 is 18.1 Å². The standard InChI is InChI=1S/C27H37ClN6O3/c1-16-23(4-3-9-29)33-26(36)22(31)14-20-13-18(6-8-25(20)35)17-5-7-21(28)19(12-17)15-24(34(16)2)27(37)32-11-10-30/h5-8,12-13,22-24,35H,1,3-4,9-11,14-15,29-31H2,2H3,(H,32,37)(H,33,36)/t22-,23-,24-/m0/s1. The van der Waals surface area contributed by atoms with Crippen molar-refractivity contribution in [3.63, 3.8) is 0 Å². The monoisotopic (exact) mass is 528 g/mol. The lowest BCUT2D eigenvalue weighted by atomic mass is 9.95. The third-order valence-corrected chi connectivity index (χ3v) is 7.10. The Hall–Kier alpha value is -3.11. The number of phenols is 1. The third kappa shape index (κ3) is 7.01. The van der Waals surface area contributed by atoms with E-state index in [-0.39, 0.29) is 24.0 Å². The van der Waals surface area contributed by atoms with Gasteiger partial charge in [-0.25, -0.2) is 0 Å². The van der Waals surface area contributed by atoms with Gasteiger partial charge in [-0.2, -0.15) is 0 Å². The molecule has 9 N–H and O–H groups in total. The normalized spacial score (nSPS) is 20.6. The molecular weight excluding hydrogens is 492 g/mol. The van der Waals surface area contributed by atoms with Crippen LogP contribution in [-0.4, -0.2) is 66.6 Å². The number of halogens is 1. The predicted octanol–water partition coefficient (Wildman–Crippen LogP) is 1.25. The maximum Gasteiger partial charge on any atom is 0.243 e. The van der Waals surface area contributed by atoms with Crippen molar-refractivity contribution in [3.8, 4) is 16.9 Å². The number of phenolic OH excluding ortho intramolecular Hbond substituents is 1. The van der Waals surface area contributed by atoms with Crippen LogP contribution in [0.4, 0.5) is 0 Å². The number of rotatable bonds is 6. The summed E-state index contributed by atoms with van der Waals surface area (Å²) in [5.41, 5.74) is 21.2. The van der Waals surface area contributed by atoms with Crippen LogP contribution in [0.1, 0.15) is 24.0 Å². The molecule has 0 radical (unpaired) electrons. The molecule has 1 aliphatic heterocycles. The van der Waals surface area contributed by atoms with Crippen molar-refractivity contribution in [3.05, 3.63) is 64.8 Å². The summed E-state index contributed by atoms with van der Waals surface area (Å²) < 4.78 is 0. The fraction of sp³-hybridized carbons (Fsp3) is 0.407. The first-order valence-electron chi connectivity index (χ1n) is 12.4. The largest absolute Gasteiger partial charge is 0.508 e. The second kappa shape index (κ2) is 12.9. The van der Waals surface area contributed by atoms with Crippen LogP contribution in [0.15, 0.2) is 48.7 Å². The average Bonchev–Trinajstić information content (AvgIpc) is 2.89. The molecule has 10 heteroatoms. The molecule has 0 aliphatic carbocycles. The van der Waals surface area contributed by atoms with Gasteiger partial charge in [0, 0.05) is 43.7 Å². The lowest BCUT2D eigenvalue weighted by Gasteiger charge is -2.35. The SMILES string of the molecule is C=C1[C@H](CCCN)NC(=O)[C@@H](N)Cc2cc(ccc2O)-c2ccc(Cl)c(c2)C[C@@H](C(=O)NCCN)N1C. The van der Waals surface area contributed by atoms with Crippen molar-refractivity contribution < 1.29 is 14.7 Å². The number of hydrogen-bond donors (Lipinski definition) is 6. The van der Waals surface area contributed by atoms with Crippen LogP contribution in [0.25, 0.3) is 11.1 Å². The summed E-state index contributed by atoms with van der Waals surface area (Å²) in [6.07, 6.45) is 1.59. The molecular formula is C27H37ClN6O3. The third-order valence-electron chi connectivity index (χ3n) is 6.73. The fourth-order valence-corrected chi connectivity index (χ4v) is 4.66. The Morgan fingerprint density at radius 1 is 1.16 bits per heavy atom. The summed E-state index contributed by atoms with van der Waals surface area (Å²) >= 11 is 6.59. The summed E-state index contributed by atoms with van der Waals surface area (Å²) in [5, 5.41) is 16.8. The summed E-state index contributed by atoms with van der Waals surface area (Å²) in [6, 6.07) is 8.73. The Morgan fingerprint density at radius 2 is 1.84 bits per heavy atom. The molecule has 9 nitrogen and oxygen atoms in total. The van der Waals surface area contributed by atoms with Crippen molar-refractivity contribution in [2.75, 3.05) is 26.7 Å². The van der Waals surface area contributed by atoms with Crippen molar-refractivity contribution in [2.24, 2.45) is 17.2 Å². The van der Waals surface area contributed by atoms with E-state index >= 15 is 0 Å². The molecule has 2 aromatic carbocycles. The number of carbonyl (C=O) groups is 2. The van der Waals surface area contributed by atoms with Crippen molar-refractivity contribution in [1.29, 1.82) is 0 Å². The van der Waals surface area contributed by atoms with Crippen molar-refractivity contribution in [1.82, 2.24) is 15.5 Å². The Labute approximate surface area is 223 Å². The van der Waals surface area contributed by atoms with Crippen LogP contribution >= 0.6 is 11.6 Å². The highest BCUT2D eigenvalue weighted by molar-refractivity contribution is 6.31. The molecule has 2 aromatic rings. The zero-order valence-corrected chi connectivity index (χ0v) is 21.9. The highest BCUT2D eigenvalue weighted by atomic mass is 35.5. The minimum absolute atomic E-state index is 0.0611. The number of nitrogens with zero attached hydrogens (tertiary/aromatic N) is 1. The Bertz CT molecular complexity index is 1140. The first-order valence-corrected chi connectivity index (χ1v) is 12.8. The van der Waals surface area contributed by atoms with E-state index in [1.165, 1.54) is 0 Å².